The Hall–Kier alpha value is -1.23. The molecular formula is C14H16Cl2N2O2. The predicted octanol–water partition coefficient (Wildman–Crippen LogP) is 3.67. The van der Waals surface area contributed by atoms with E-state index in [-0.39, 0.29) is 6.61 Å². The van der Waals surface area contributed by atoms with Crippen LogP contribution >= 0.6 is 23.2 Å². The Morgan fingerprint density at radius 1 is 1.40 bits per heavy atom. The van der Waals surface area contributed by atoms with Crippen LogP contribution in [-0.2, 0) is 13.7 Å². The van der Waals surface area contributed by atoms with Crippen molar-refractivity contribution in [3.05, 3.63) is 45.2 Å². The highest BCUT2D eigenvalue weighted by Gasteiger charge is 2.14. The largest absolute Gasteiger partial charge is 0.487 e. The van der Waals surface area contributed by atoms with Crippen LogP contribution in [0.4, 0.5) is 0 Å². The van der Waals surface area contributed by atoms with E-state index in [1.165, 1.54) is 0 Å². The quantitative estimate of drug-likeness (QED) is 0.936. The van der Waals surface area contributed by atoms with Gasteiger partial charge < -0.3 is 9.84 Å². The standard InChI is InChI=1S/C14H16Cl2N2O2/c1-8-14(16)12(18(3)17-8)7-20-13-5-4-10(15)6-11(13)9(2)19/h4-6,9,19H,7H2,1-3H3/t9-/m0/s1. The molecule has 0 aliphatic rings. The van der Waals surface area contributed by atoms with Crippen molar-refractivity contribution < 1.29 is 9.84 Å². The Kier molecular flexibility index (Phi) is 4.58. The maximum absolute atomic E-state index is 9.76. The van der Waals surface area contributed by atoms with Gasteiger partial charge in [-0.15, -0.1) is 0 Å². The lowest BCUT2D eigenvalue weighted by Crippen LogP contribution is -2.05. The molecule has 0 unspecified atom stereocenters. The van der Waals surface area contributed by atoms with Crippen LogP contribution in [-0.4, -0.2) is 14.9 Å². The number of nitrogens with zero attached hydrogens (tertiary/aromatic N) is 2. The first-order valence-corrected chi connectivity index (χ1v) is 6.94. The number of aliphatic hydroxyl groups excluding tert-OH is 1. The number of benzene rings is 1. The Morgan fingerprint density at radius 2 is 2.10 bits per heavy atom. The fourth-order valence-corrected chi connectivity index (χ4v) is 2.36. The van der Waals surface area contributed by atoms with Gasteiger partial charge in [0, 0.05) is 17.6 Å². The molecule has 1 aromatic heterocycles. The number of rotatable bonds is 4. The average Bonchev–Trinajstić information content (AvgIpc) is 2.62. The maximum atomic E-state index is 9.76. The number of aryl methyl sites for hydroxylation is 2. The molecule has 20 heavy (non-hydrogen) atoms. The second-order valence-electron chi connectivity index (χ2n) is 4.62. The van der Waals surface area contributed by atoms with E-state index in [1.807, 2.05) is 14.0 Å². The molecule has 0 aliphatic carbocycles. The van der Waals surface area contributed by atoms with E-state index in [2.05, 4.69) is 5.10 Å². The van der Waals surface area contributed by atoms with Gasteiger partial charge in [0.05, 0.1) is 22.5 Å². The molecule has 1 N–H and O–H groups in total. The van der Waals surface area contributed by atoms with Crippen LogP contribution in [0.15, 0.2) is 18.2 Å². The minimum Gasteiger partial charge on any atom is -0.487 e. The number of aliphatic hydroxyl groups is 1. The van der Waals surface area contributed by atoms with E-state index in [9.17, 15) is 5.11 Å². The minimum absolute atomic E-state index is 0.275. The van der Waals surface area contributed by atoms with Crippen LogP contribution in [0.1, 0.15) is 30.0 Å². The lowest BCUT2D eigenvalue weighted by atomic mass is 10.1. The first-order chi connectivity index (χ1) is 9.40. The zero-order chi connectivity index (χ0) is 14.9. The number of halogens is 2. The Labute approximate surface area is 127 Å². The molecule has 0 saturated carbocycles. The molecule has 2 rings (SSSR count). The molecule has 0 fully saturated rings. The van der Waals surface area contributed by atoms with Crippen molar-refractivity contribution in [3.63, 3.8) is 0 Å². The molecule has 0 amide bonds. The van der Waals surface area contributed by atoms with Crippen molar-refractivity contribution >= 4 is 23.2 Å². The van der Waals surface area contributed by atoms with Crippen molar-refractivity contribution in [3.8, 4) is 5.75 Å². The average molecular weight is 315 g/mol. The molecule has 1 aromatic carbocycles. The molecule has 0 bridgehead atoms. The summed E-state index contributed by atoms with van der Waals surface area (Å²) in [5, 5.41) is 15.1. The van der Waals surface area contributed by atoms with Crippen molar-refractivity contribution in [2.75, 3.05) is 0 Å². The normalized spacial score (nSPS) is 12.5. The number of hydrogen-bond acceptors (Lipinski definition) is 3. The van der Waals surface area contributed by atoms with Gasteiger partial charge in [-0.3, -0.25) is 4.68 Å². The summed E-state index contributed by atoms with van der Waals surface area (Å²) in [6.07, 6.45) is -0.660. The van der Waals surface area contributed by atoms with Crippen LogP contribution in [0.2, 0.25) is 10.0 Å². The lowest BCUT2D eigenvalue weighted by Gasteiger charge is -2.14. The van der Waals surface area contributed by atoms with Gasteiger partial charge >= 0.3 is 0 Å². The van der Waals surface area contributed by atoms with Crippen LogP contribution in [0.3, 0.4) is 0 Å². The lowest BCUT2D eigenvalue weighted by molar-refractivity contribution is 0.189. The Balaban J connectivity index is 2.23. The van der Waals surface area contributed by atoms with Crippen LogP contribution in [0.25, 0.3) is 0 Å². The summed E-state index contributed by atoms with van der Waals surface area (Å²) in [6.45, 7) is 3.78. The molecule has 0 saturated heterocycles. The van der Waals surface area contributed by atoms with Gasteiger partial charge in [-0.2, -0.15) is 5.10 Å². The minimum atomic E-state index is -0.660. The van der Waals surface area contributed by atoms with E-state index < -0.39 is 6.10 Å². The molecule has 0 radical (unpaired) electrons. The highest BCUT2D eigenvalue weighted by molar-refractivity contribution is 6.31. The summed E-state index contributed by atoms with van der Waals surface area (Å²) in [5.41, 5.74) is 2.20. The summed E-state index contributed by atoms with van der Waals surface area (Å²) >= 11 is 12.1. The smallest absolute Gasteiger partial charge is 0.131 e. The summed E-state index contributed by atoms with van der Waals surface area (Å²) in [6, 6.07) is 5.15. The summed E-state index contributed by atoms with van der Waals surface area (Å²) in [5.74, 6) is 0.583. The Bertz CT molecular complexity index is 624. The van der Waals surface area contributed by atoms with Crippen LogP contribution in [0, 0.1) is 6.92 Å². The summed E-state index contributed by atoms with van der Waals surface area (Å²) < 4.78 is 7.44. The number of ether oxygens (including phenoxy) is 1. The van der Waals surface area contributed by atoms with Gasteiger partial charge in [-0.1, -0.05) is 23.2 Å². The fourth-order valence-electron chi connectivity index (χ4n) is 1.96. The van der Waals surface area contributed by atoms with E-state index in [0.29, 0.717) is 21.4 Å². The SMILES string of the molecule is Cc1nn(C)c(COc2ccc(Cl)cc2[C@H](C)O)c1Cl. The number of hydrogen-bond donors (Lipinski definition) is 1. The van der Waals surface area contributed by atoms with E-state index in [0.717, 1.165) is 11.4 Å². The van der Waals surface area contributed by atoms with Crippen molar-refractivity contribution in [2.45, 2.75) is 26.6 Å². The van der Waals surface area contributed by atoms with Crippen molar-refractivity contribution in [1.29, 1.82) is 0 Å². The molecule has 0 aliphatic heterocycles. The molecule has 1 heterocycles. The first-order valence-electron chi connectivity index (χ1n) is 6.18. The van der Waals surface area contributed by atoms with Crippen molar-refractivity contribution in [2.24, 2.45) is 7.05 Å². The Morgan fingerprint density at radius 3 is 2.65 bits per heavy atom. The zero-order valence-corrected chi connectivity index (χ0v) is 13.0. The highest BCUT2D eigenvalue weighted by Crippen LogP contribution is 2.29. The van der Waals surface area contributed by atoms with E-state index >= 15 is 0 Å². The third-order valence-electron chi connectivity index (χ3n) is 3.05. The van der Waals surface area contributed by atoms with Gasteiger partial charge in [0.25, 0.3) is 0 Å². The zero-order valence-electron chi connectivity index (χ0n) is 11.5. The van der Waals surface area contributed by atoms with Gasteiger partial charge in [0.1, 0.15) is 12.4 Å². The fraction of sp³-hybridized carbons (Fsp3) is 0.357. The van der Waals surface area contributed by atoms with Gasteiger partial charge in [0.2, 0.25) is 0 Å². The predicted molar refractivity (Wildman–Crippen MR) is 79.4 cm³/mol. The molecule has 108 valence electrons. The first kappa shape index (κ1) is 15.2. The van der Waals surface area contributed by atoms with Crippen LogP contribution in [0.5, 0.6) is 5.75 Å². The van der Waals surface area contributed by atoms with E-state index in [4.69, 9.17) is 27.9 Å². The third-order valence-corrected chi connectivity index (χ3v) is 3.77. The number of aromatic nitrogens is 2. The molecule has 4 nitrogen and oxygen atoms in total. The van der Waals surface area contributed by atoms with Gasteiger partial charge in [-0.25, -0.2) is 0 Å². The maximum Gasteiger partial charge on any atom is 0.131 e. The van der Waals surface area contributed by atoms with Crippen molar-refractivity contribution in [1.82, 2.24) is 9.78 Å². The second kappa shape index (κ2) is 6.04. The summed E-state index contributed by atoms with van der Waals surface area (Å²) in [7, 11) is 1.81. The van der Waals surface area contributed by atoms with Gasteiger partial charge in [-0.05, 0) is 32.0 Å². The molecule has 2 aromatic rings. The monoisotopic (exact) mass is 314 g/mol. The highest BCUT2D eigenvalue weighted by atomic mass is 35.5. The van der Waals surface area contributed by atoms with E-state index in [1.54, 1.807) is 29.8 Å². The molecular weight excluding hydrogens is 299 g/mol. The molecule has 1 atom stereocenters. The molecule has 6 heteroatoms. The van der Waals surface area contributed by atoms with Crippen LogP contribution < -0.4 is 4.74 Å². The summed E-state index contributed by atoms with van der Waals surface area (Å²) in [4.78, 5) is 0. The second-order valence-corrected chi connectivity index (χ2v) is 5.43. The third kappa shape index (κ3) is 3.08. The topological polar surface area (TPSA) is 47.3 Å². The molecule has 0 spiro atoms. The van der Waals surface area contributed by atoms with Gasteiger partial charge in [0.15, 0.2) is 0 Å².